The second-order valence-electron chi connectivity index (χ2n) is 7.38. The normalized spacial score (nSPS) is 33.9. The van der Waals surface area contributed by atoms with Gasteiger partial charge < -0.3 is 14.8 Å². The number of hydrogen-bond donors (Lipinski definition) is 1. The van der Waals surface area contributed by atoms with Gasteiger partial charge in [-0.15, -0.1) is 0 Å². The topological polar surface area (TPSA) is 81.7 Å². The van der Waals surface area contributed by atoms with Gasteiger partial charge in [0.25, 0.3) is 5.91 Å². The standard InChI is InChI=1S/C19H20BrNO5/c1-8-4-3-5-9(2)16(8)21-12(22)7-25-18(23)13-10-6-11-14(13)19(24)26-17(11)15(10)20/h3-5,10-11,13-15,17H,6-7H2,1-2H3,(H,21,22)/t10-,11-,13-,14-,15+,17+/m1/s1. The summed E-state index contributed by atoms with van der Waals surface area (Å²) in [5.41, 5.74) is 2.62. The lowest BCUT2D eigenvalue weighted by molar-refractivity contribution is -0.157. The Morgan fingerprint density at radius 1 is 1.27 bits per heavy atom. The molecule has 0 spiro atoms. The number of carbonyl (C=O) groups excluding carboxylic acids is 3. The number of nitrogens with one attached hydrogen (secondary N) is 1. The third-order valence-corrected chi connectivity index (χ3v) is 7.09. The van der Waals surface area contributed by atoms with E-state index < -0.39 is 17.8 Å². The summed E-state index contributed by atoms with van der Waals surface area (Å²) in [5, 5.41) is 2.79. The van der Waals surface area contributed by atoms with Crippen LogP contribution < -0.4 is 5.32 Å². The maximum atomic E-state index is 12.6. The largest absolute Gasteiger partial charge is 0.461 e. The van der Waals surface area contributed by atoms with Gasteiger partial charge >= 0.3 is 11.9 Å². The Morgan fingerprint density at radius 2 is 1.96 bits per heavy atom. The molecule has 3 aliphatic rings. The molecule has 1 amide bonds. The van der Waals surface area contributed by atoms with Crippen LogP contribution in [0.1, 0.15) is 17.5 Å². The number of rotatable bonds is 4. The van der Waals surface area contributed by atoms with E-state index in [1.54, 1.807) is 0 Å². The molecule has 1 aromatic rings. The second kappa shape index (κ2) is 6.37. The van der Waals surface area contributed by atoms with Crippen LogP contribution in [0.25, 0.3) is 0 Å². The predicted octanol–water partition coefficient (Wildman–Crippen LogP) is 2.36. The number of fused-ring (bicyclic) bond motifs is 1. The number of halogens is 1. The van der Waals surface area contributed by atoms with Crippen LogP contribution in [0, 0.1) is 37.5 Å². The summed E-state index contributed by atoms with van der Waals surface area (Å²) in [7, 11) is 0. The first-order valence-corrected chi connectivity index (χ1v) is 9.67. The molecule has 0 unspecified atom stereocenters. The van der Waals surface area contributed by atoms with Gasteiger partial charge in [-0.1, -0.05) is 34.1 Å². The number of anilines is 1. The Bertz CT molecular complexity index is 774. The number of benzene rings is 1. The Balaban J connectivity index is 1.39. The number of ether oxygens (including phenoxy) is 2. The zero-order chi connectivity index (χ0) is 18.6. The first-order valence-electron chi connectivity index (χ1n) is 8.75. The lowest BCUT2D eigenvalue weighted by Gasteiger charge is -2.26. The predicted molar refractivity (Wildman–Crippen MR) is 96.7 cm³/mol. The molecule has 1 aromatic carbocycles. The van der Waals surface area contributed by atoms with Gasteiger partial charge in [-0.05, 0) is 37.3 Å². The minimum Gasteiger partial charge on any atom is -0.461 e. The molecule has 2 aliphatic carbocycles. The van der Waals surface area contributed by atoms with Gasteiger partial charge in [0, 0.05) is 11.6 Å². The lowest BCUT2D eigenvalue weighted by atomic mass is 9.80. The highest BCUT2D eigenvalue weighted by atomic mass is 79.9. The quantitative estimate of drug-likeness (QED) is 0.595. The highest BCUT2D eigenvalue weighted by Crippen LogP contribution is 2.60. The van der Waals surface area contributed by atoms with E-state index in [-0.39, 0.29) is 41.3 Å². The van der Waals surface area contributed by atoms with Crippen molar-refractivity contribution in [2.24, 2.45) is 23.7 Å². The number of carbonyl (C=O) groups is 3. The van der Waals surface area contributed by atoms with Gasteiger partial charge in [-0.3, -0.25) is 14.4 Å². The van der Waals surface area contributed by atoms with E-state index in [1.807, 2.05) is 32.0 Å². The highest BCUT2D eigenvalue weighted by Gasteiger charge is 2.68. The van der Waals surface area contributed by atoms with E-state index >= 15 is 0 Å². The van der Waals surface area contributed by atoms with Crippen molar-refractivity contribution >= 4 is 39.5 Å². The lowest BCUT2D eigenvalue weighted by Crippen LogP contribution is -2.39. The molecule has 1 N–H and O–H groups in total. The molecule has 2 bridgehead atoms. The van der Waals surface area contributed by atoms with Crippen LogP contribution in [0.3, 0.4) is 0 Å². The van der Waals surface area contributed by atoms with Crippen molar-refractivity contribution in [3.8, 4) is 0 Å². The molecule has 1 saturated heterocycles. The summed E-state index contributed by atoms with van der Waals surface area (Å²) in [4.78, 5) is 36.8. The molecule has 6 nitrogen and oxygen atoms in total. The summed E-state index contributed by atoms with van der Waals surface area (Å²) in [6.45, 7) is 3.45. The second-order valence-corrected chi connectivity index (χ2v) is 8.44. The van der Waals surface area contributed by atoms with Crippen LogP contribution in [0.4, 0.5) is 5.69 Å². The molecule has 1 heterocycles. The fraction of sp³-hybridized carbons (Fsp3) is 0.526. The molecule has 26 heavy (non-hydrogen) atoms. The molecule has 2 saturated carbocycles. The zero-order valence-electron chi connectivity index (χ0n) is 14.5. The minimum absolute atomic E-state index is 0.0174. The van der Waals surface area contributed by atoms with Crippen LogP contribution in [0.2, 0.25) is 0 Å². The van der Waals surface area contributed by atoms with Crippen molar-refractivity contribution in [3.63, 3.8) is 0 Å². The molecule has 138 valence electrons. The van der Waals surface area contributed by atoms with Crippen molar-refractivity contribution in [1.82, 2.24) is 0 Å². The minimum atomic E-state index is -0.524. The first-order chi connectivity index (χ1) is 12.4. The van der Waals surface area contributed by atoms with Gasteiger partial charge in [0.15, 0.2) is 6.61 Å². The number of amides is 1. The molecule has 7 heteroatoms. The molecular weight excluding hydrogens is 402 g/mol. The van der Waals surface area contributed by atoms with Crippen LogP contribution in [-0.4, -0.2) is 35.4 Å². The van der Waals surface area contributed by atoms with Gasteiger partial charge in [-0.25, -0.2) is 0 Å². The van der Waals surface area contributed by atoms with E-state index in [1.165, 1.54) is 0 Å². The molecule has 0 aromatic heterocycles. The van der Waals surface area contributed by atoms with Crippen molar-refractivity contribution < 1.29 is 23.9 Å². The third-order valence-electron chi connectivity index (χ3n) is 5.89. The maximum Gasteiger partial charge on any atom is 0.310 e. The van der Waals surface area contributed by atoms with E-state index in [0.29, 0.717) is 0 Å². The number of aryl methyl sites for hydroxylation is 2. The number of para-hydroxylation sites is 1. The monoisotopic (exact) mass is 421 g/mol. The molecular formula is C19H20BrNO5. The fourth-order valence-corrected chi connectivity index (χ4v) is 5.76. The average Bonchev–Trinajstić information content (AvgIpc) is 3.20. The van der Waals surface area contributed by atoms with Crippen molar-refractivity contribution in [3.05, 3.63) is 29.3 Å². The molecule has 4 rings (SSSR count). The van der Waals surface area contributed by atoms with E-state index in [9.17, 15) is 14.4 Å². The summed E-state index contributed by atoms with van der Waals surface area (Å²) in [6.07, 6.45) is 0.652. The summed E-state index contributed by atoms with van der Waals surface area (Å²) in [6, 6.07) is 5.73. The van der Waals surface area contributed by atoms with Crippen LogP contribution in [0.5, 0.6) is 0 Å². The van der Waals surface area contributed by atoms with E-state index in [0.717, 1.165) is 23.2 Å². The highest BCUT2D eigenvalue weighted by molar-refractivity contribution is 9.09. The Hall–Kier alpha value is -1.89. The Kier molecular flexibility index (Phi) is 4.29. The smallest absolute Gasteiger partial charge is 0.310 e. The summed E-state index contributed by atoms with van der Waals surface area (Å²) < 4.78 is 10.6. The molecule has 3 fully saturated rings. The van der Waals surface area contributed by atoms with Crippen LogP contribution in [-0.2, 0) is 23.9 Å². The number of esters is 2. The molecule has 1 aliphatic heterocycles. The fourth-order valence-electron chi connectivity index (χ4n) is 4.71. The maximum absolute atomic E-state index is 12.6. The Morgan fingerprint density at radius 3 is 2.65 bits per heavy atom. The molecule has 0 radical (unpaired) electrons. The Labute approximate surface area is 159 Å². The van der Waals surface area contributed by atoms with Gasteiger partial charge in [0.1, 0.15) is 6.10 Å². The molecule has 6 atom stereocenters. The van der Waals surface area contributed by atoms with Crippen LogP contribution in [0.15, 0.2) is 18.2 Å². The van der Waals surface area contributed by atoms with E-state index in [2.05, 4.69) is 21.2 Å². The van der Waals surface area contributed by atoms with Gasteiger partial charge in [0.2, 0.25) is 0 Å². The zero-order valence-corrected chi connectivity index (χ0v) is 16.1. The third kappa shape index (κ3) is 2.64. The summed E-state index contributed by atoms with van der Waals surface area (Å²) in [5.74, 6) is -2.03. The van der Waals surface area contributed by atoms with Crippen molar-refractivity contribution in [2.75, 3.05) is 11.9 Å². The van der Waals surface area contributed by atoms with E-state index in [4.69, 9.17) is 9.47 Å². The number of hydrogen-bond acceptors (Lipinski definition) is 5. The van der Waals surface area contributed by atoms with Crippen LogP contribution >= 0.6 is 15.9 Å². The summed E-state index contributed by atoms with van der Waals surface area (Å²) >= 11 is 3.56. The average molecular weight is 422 g/mol. The number of alkyl halides is 1. The SMILES string of the molecule is Cc1cccc(C)c1NC(=O)COC(=O)[C@@H]1[C@H]2C[C@H]3[C@H](OC(=O)[C@H]31)[C@H]2Br. The van der Waals surface area contributed by atoms with Gasteiger partial charge in [0.05, 0.1) is 16.7 Å². The van der Waals surface area contributed by atoms with Gasteiger partial charge in [-0.2, -0.15) is 0 Å². The van der Waals surface area contributed by atoms with Crippen molar-refractivity contribution in [2.45, 2.75) is 31.2 Å². The van der Waals surface area contributed by atoms with Crippen molar-refractivity contribution in [1.29, 1.82) is 0 Å². The first kappa shape index (κ1) is 17.5.